The fourth-order valence-electron chi connectivity index (χ4n) is 3.81. The number of phenols is 1. The van der Waals surface area contributed by atoms with Gasteiger partial charge in [-0.1, -0.05) is 11.6 Å². The lowest BCUT2D eigenvalue weighted by atomic mass is 10.0. The van der Waals surface area contributed by atoms with E-state index in [0.29, 0.717) is 36.2 Å². The van der Waals surface area contributed by atoms with Crippen LogP contribution in [0.5, 0.6) is 11.5 Å². The number of nitrogens with one attached hydrogen (secondary N) is 1. The van der Waals surface area contributed by atoms with Gasteiger partial charge in [0.05, 0.1) is 18.5 Å². The van der Waals surface area contributed by atoms with Crippen molar-refractivity contribution in [2.75, 3.05) is 18.9 Å². The van der Waals surface area contributed by atoms with Crippen LogP contribution < -0.4 is 15.9 Å². The van der Waals surface area contributed by atoms with Crippen LogP contribution in [-0.2, 0) is 6.54 Å². The van der Waals surface area contributed by atoms with Gasteiger partial charge in [-0.05, 0) is 67.3 Å². The molecule has 180 valence electrons. The van der Waals surface area contributed by atoms with Gasteiger partial charge in [0.25, 0.3) is 5.91 Å². The third-order valence-corrected chi connectivity index (χ3v) is 5.63. The van der Waals surface area contributed by atoms with Gasteiger partial charge >= 0.3 is 0 Å². The maximum atomic E-state index is 13.0. The van der Waals surface area contributed by atoms with E-state index in [-0.39, 0.29) is 23.1 Å². The van der Waals surface area contributed by atoms with Gasteiger partial charge in [0, 0.05) is 12.6 Å². The number of ether oxygens (including phenoxy) is 1. The molecule has 1 fully saturated rings. The maximum Gasteiger partial charge on any atom is 0.293 e. The van der Waals surface area contributed by atoms with Crippen molar-refractivity contribution in [2.24, 2.45) is 5.10 Å². The largest absolute Gasteiger partial charge is 0.504 e. The number of piperidine rings is 1. The molecule has 34 heavy (non-hydrogen) atoms. The smallest absolute Gasteiger partial charge is 0.293 e. The number of amides is 1. The number of anilines is 1. The van der Waals surface area contributed by atoms with Crippen LogP contribution in [0, 0.1) is 0 Å². The fraction of sp³-hybridized carbons (Fsp3) is 0.429. The van der Waals surface area contributed by atoms with Crippen molar-refractivity contribution < 1.29 is 19.3 Å². The summed E-state index contributed by atoms with van der Waals surface area (Å²) in [5, 5.41) is 29.4. The third-order valence-electron chi connectivity index (χ3n) is 5.63. The minimum Gasteiger partial charge on any atom is -0.504 e. The Morgan fingerprint density at radius 2 is 2.26 bits per heavy atom. The second kappa shape index (κ2) is 10.3. The highest BCUT2D eigenvalue weighted by Gasteiger charge is 2.28. The van der Waals surface area contributed by atoms with E-state index in [9.17, 15) is 9.90 Å². The first kappa shape index (κ1) is 23.2. The number of nitrogens with two attached hydrogens (primary N) is 1. The molecule has 4 rings (SSSR count). The molecule has 0 radical (unpaired) electrons. The summed E-state index contributed by atoms with van der Waals surface area (Å²) < 4.78 is 11.4. The number of likely N-dealkylation sites (tertiary alicyclic amines) is 1. The second-order valence-corrected chi connectivity index (χ2v) is 7.94. The molecule has 2 aromatic heterocycles. The van der Waals surface area contributed by atoms with Crippen molar-refractivity contribution in [3.05, 3.63) is 35.2 Å². The molecule has 1 aliphatic heterocycles. The molecule has 1 saturated heterocycles. The van der Waals surface area contributed by atoms with Gasteiger partial charge in [0.1, 0.15) is 0 Å². The van der Waals surface area contributed by atoms with Gasteiger partial charge < -0.3 is 15.6 Å². The molecule has 0 aliphatic carbocycles. The Kier molecular flexibility index (Phi) is 7.01. The molecule has 1 amide bonds. The summed E-state index contributed by atoms with van der Waals surface area (Å²) in [7, 11) is 0. The lowest BCUT2D eigenvalue weighted by Gasteiger charge is -2.33. The Morgan fingerprint density at radius 3 is 3.00 bits per heavy atom. The van der Waals surface area contributed by atoms with Gasteiger partial charge in [0.15, 0.2) is 17.2 Å². The van der Waals surface area contributed by atoms with Crippen LogP contribution in [0.3, 0.4) is 0 Å². The van der Waals surface area contributed by atoms with Gasteiger partial charge in [-0.3, -0.25) is 9.69 Å². The molecule has 13 nitrogen and oxygen atoms in total. The van der Waals surface area contributed by atoms with Crippen LogP contribution >= 0.6 is 0 Å². The number of phenolic OH excluding ortho intramolecular Hbond substituents is 1. The quantitative estimate of drug-likeness (QED) is 0.324. The SMILES string of the molecule is CCOc1cc(/C=N/NC(=O)c2nnn(-c3nonc3N)c2CN2CCCC[C@@H]2C)ccc1O. The van der Waals surface area contributed by atoms with Gasteiger partial charge in [-0.2, -0.15) is 9.78 Å². The number of aromatic hydroxyl groups is 1. The predicted octanol–water partition coefficient (Wildman–Crippen LogP) is 1.48. The number of nitrogens with zero attached hydrogens (tertiary/aromatic N) is 7. The van der Waals surface area contributed by atoms with Gasteiger partial charge in [-0.25, -0.2) is 10.1 Å². The van der Waals surface area contributed by atoms with Crippen LogP contribution in [0.1, 0.15) is 54.9 Å². The second-order valence-electron chi connectivity index (χ2n) is 7.94. The normalized spacial score (nSPS) is 16.7. The van der Waals surface area contributed by atoms with Crippen LogP contribution in [-0.4, -0.2) is 66.6 Å². The highest BCUT2D eigenvalue weighted by Crippen LogP contribution is 2.26. The zero-order valence-electron chi connectivity index (χ0n) is 19.0. The summed E-state index contributed by atoms with van der Waals surface area (Å²) in [6.07, 6.45) is 4.75. The maximum absolute atomic E-state index is 13.0. The number of nitrogen functional groups attached to an aromatic ring is 1. The number of carbonyl (C=O) groups is 1. The molecule has 1 atom stereocenters. The van der Waals surface area contributed by atoms with E-state index in [0.717, 1.165) is 19.4 Å². The van der Waals surface area contributed by atoms with Crippen molar-refractivity contribution >= 4 is 17.9 Å². The molecule has 0 spiro atoms. The van der Waals surface area contributed by atoms with Crippen molar-refractivity contribution in [2.45, 2.75) is 45.7 Å². The van der Waals surface area contributed by atoms with Gasteiger partial charge in [0.2, 0.25) is 11.6 Å². The van der Waals surface area contributed by atoms with E-state index >= 15 is 0 Å². The van der Waals surface area contributed by atoms with Crippen LogP contribution in [0.2, 0.25) is 0 Å². The van der Waals surface area contributed by atoms with Crippen LogP contribution in [0.15, 0.2) is 27.9 Å². The fourth-order valence-corrected chi connectivity index (χ4v) is 3.81. The monoisotopic (exact) mass is 469 g/mol. The highest BCUT2D eigenvalue weighted by molar-refractivity contribution is 5.94. The Labute approximate surface area is 195 Å². The predicted molar refractivity (Wildman–Crippen MR) is 122 cm³/mol. The average molecular weight is 470 g/mol. The molecular formula is C21H27N9O4. The molecule has 3 heterocycles. The first-order valence-corrected chi connectivity index (χ1v) is 11.0. The van der Waals surface area contributed by atoms with Crippen molar-refractivity contribution in [3.63, 3.8) is 0 Å². The lowest BCUT2D eigenvalue weighted by molar-refractivity contribution is 0.0945. The van der Waals surface area contributed by atoms with E-state index in [1.807, 2.05) is 6.92 Å². The van der Waals surface area contributed by atoms with E-state index in [1.54, 1.807) is 12.1 Å². The third kappa shape index (κ3) is 4.98. The number of aromatic nitrogens is 5. The van der Waals surface area contributed by atoms with E-state index in [1.165, 1.54) is 23.4 Å². The van der Waals surface area contributed by atoms with Crippen LogP contribution in [0.4, 0.5) is 5.82 Å². The highest BCUT2D eigenvalue weighted by atomic mass is 16.6. The summed E-state index contributed by atoms with van der Waals surface area (Å²) in [6.45, 7) is 5.68. The van der Waals surface area contributed by atoms with E-state index < -0.39 is 5.91 Å². The first-order valence-electron chi connectivity index (χ1n) is 11.0. The average Bonchev–Trinajstić information content (AvgIpc) is 3.43. The summed E-state index contributed by atoms with van der Waals surface area (Å²) in [5.41, 5.74) is 9.57. The van der Waals surface area contributed by atoms with Gasteiger partial charge in [-0.15, -0.1) is 5.10 Å². The summed E-state index contributed by atoms with van der Waals surface area (Å²) >= 11 is 0. The Hall–Kier alpha value is -4.00. The van der Waals surface area contributed by atoms with E-state index in [2.05, 4.69) is 43.0 Å². The molecule has 13 heteroatoms. The van der Waals surface area contributed by atoms with Crippen molar-refractivity contribution in [1.82, 2.24) is 35.6 Å². The number of rotatable bonds is 8. The molecule has 0 bridgehead atoms. The number of hydrazone groups is 1. The first-order chi connectivity index (χ1) is 16.5. The summed E-state index contributed by atoms with van der Waals surface area (Å²) in [5.74, 6) is 0.0267. The van der Waals surface area contributed by atoms with E-state index in [4.69, 9.17) is 15.1 Å². The minimum atomic E-state index is -0.541. The Morgan fingerprint density at radius 1 is 1.41 bits per heavy atom. The molecule has 1 aliphatic rings. The number of hydrogen-bond donors (Lipinski definition) is 3. The zero-order valence-corrected chi connectivity index (χ0v) is 19.0. The number of hydrogen-bond acceptors (Lipinski definition) is 11. The molecular weight excluding hydrogens is 442 g/mol. The molecule has 4 N–H and O–H groups in total. The Bertz CT molecular complexity index is 1170. The van der Waals surface area contributed by atoms with Crippen molar-refractivity contribution in [3.8, 4) is 17.3 Å². The topological polar surface area (TPSA) is 170 Å². The molecule has 1 aromatic carbocycles. The number of benzene rings is 1. The van der Waals surface area contributed by atoms with Crippen LogP contribution in [0.25, 0.3) is 5.82 Å². The molecule has 0 unspecified atom stereocenters. The Balaban J connectivity index is 1.56. The minimum absolute atomic E-state index is 0.0258. The molecule has 0 saturated carbocycles. The number of carbonyl (C=O) groups excluding carboxylic acids is 1. The summed E-state index contributed by atoms with van der Waals surface area (Å²) in [6, 6.07) is 5.10. The zero-order chi connectivity index (χ0) is 24.1. The molecule has 3 aromatic rings. The standard InChI is InChI=1S/C21H27N9O4/c1-3-33-17-10-14(7-8-16(17)31)11-23-25-21(32)18-15(12-29-9-5-4-6-13(29)2)30(28-24-18)20-19(22)26-34-27-20/h7-8,10-11,13,31H,3-6,9,12H2,1-2H3,(H2,22,26)(H,25,32)/b23-11+/t13-/m0/s1. The lowest BCUT2D eigenvalue weighted by Crippen LogP contribution is -2.38. The summed E-state index contributed by atoms with van der Waals surface area (Å²) in [4.78, 5) is 15.2. The van der Waals surface area contributed by atoms with Crippen molar-refractivity contribution in [1.29, 1.82) is 0 Å².